The fraction of sp³-hybridized carbons (Fsp3) is 0.667. The van der Waals surface area contributed by atoms with Crippen molar-refractivity contribution in [2.75, 3.05) is 6.61 Å². The number of nitrogens with two attached hydrogens (primary N) is 2. The largest absolute Gasteiger partial charge is 0.405 e. The Kier molecular flexibility index (Phi) is 8.53. The average molecular weight is 167 g/mol. The zero-order valence-electron chi connectivity index (χ0n) is 6.08. The van der Waals surface area contributed by atoms with Crippen molar-refractivity contribution in [2.45, 2.75) is 19.4 Å². The maximum atomic E-state index is 8.49. The van der Waals surface area contributed by atoms with Crippen LogP contribution in [-0.2, 0) is 0 Å². The summed E-state index contributed by atoms with van der Waals surface area (Å²) in [7, 11) is 0. The molecule has 0 fully saturated rings. The molecule has 0 amide bonds. The molecule has 0 saturated heterocycles. The van der Waals surface area contributed by atoms with Gasteiger partial charge in [-0.1, -0.05) is 5.57 Å². The van der Waals surface area contributed by atoms with Crippen LogP contribution in [0.25, 0.3) is 0 Å². The molecule has 5 N–H and O–H groups in total. The van der Waals surface area contributed by atoms with Gasteiger partial charge in [0.1, 0.15) is 0 Å². The first-order valence-corrected chi connectivity index (χ1v) is 2.94. The smallest absolute Gasteiger partial charge is 0.0585 e. The molecule has 0 spiro atoms. The van der Waals surface area contributed by atoms with Gasteiger partial charge in [0.15, 0.2) is 0 Å². The Labute approximate surface area is 67.5 Å². The summed E-state index contributed by atoms with van der Waals surface area (Å²) in [6, 6.07) is -0.162. The molecular weight excluding hydrogens is 152 g/mol. The minimum absolute atomic E-state index is 0. The van der Waals surface area contributed by atoms with Crippen LogP contribution in [0.1, 0.15) is 13.3 Å². The third-order valence-corrected chi connectivity index (χ3v) is 1.10. The fourth-order valence-corrected chi connectivity index (χ4v) is 0.546. The molecule has 1 unspecified atom stereocenters. The van der Waals surface area contributed by atoms with E-state index in [0.717, 1.165) is 5.57 Å². The van der Waals surface area contributed by atoms with Crippen molar-refractivity contribution in [3.05, 3.63) is 11.8 Å². The maximum absolute atomic E-state index is 8.49. The second-order valence-corrected chi connectivity index (χ2v) is 2.16. The van der Waals surface area contributed by atoms with E-state index in [-0.39, 0.29) is 25.1 Å². The number of aliphatic hydroxyl groups excluding tert-OH is 1. The van der Waals surface area contributed by atoms with Gasteiger partial charge in [0.05, 0.1) is 6.61 Å². The van der Waals surface area contributed by atoms with Gasteiger partial charge in [-0.15, -0.1) is 12.4 Å². The van der Waals surface area contributed by atoms with Crippen molar-refractivity contribution < 1.29 is 5.11 Å². The van der Waals surface area contributed by atoms with E-state index in [1.807, 2.05) is 6.92 Å². The number of aliphatic hydroxyl groups is 1. The lowest BCUT2D eigenvalue weighted by Gasteiger charge is -2.06. The molecule has 0 aromatic carbocycles. The molecule has 62 valence electrons. The zero-order valence-corrected chi connectivity index (χ0v) is 6.90. The van der Waals surface area contributed by atoms with Crippen LogP contribution in [0, 0.1) is 0 Å². The predicted molar refractivity (Wildman–Crippen MR) is 44.9 cm³/mol. The molecule has 0 bridgehead atoms. The van der Waals surface area contributed by atoms with Crippen LogP contribution in [0.2, 0.25) is 0 Å². The van der Waals surface area contributed by atoms with Gasteiger partial charge in [-0.3, -0.25) is 0 Å². The van der Waals surface area contributed by atoms with E-state index in [0.29, 0.717) is 6.42 Å². The quantitative estimate of drug-likeness (QED) is 0.552. The van der Waals surface area contributed by atoms with Crippen molar-refractivity contribution >= 4 is 12.4 Å². The molecular formula is C6H15ClN2O. The first kappa shape index (κ1) is 12.4. The Bertz CT molecular complexity index is 106. The van der Waals surface area contributed by atoms with Crippen molar-refractivity contribution in [3.63, 3.8) is 0 Å². The van der Waals surface area contributed by atoms with Crippen LogP contribution in [0.5, 0.6) is 0 Å². The van der Waals surface area contributed by atoms with Gasteiger partial charge in [-0.25, -0.2) is 0 Å². The molecule has 0 aliphatic rings. The standard InChI is InChI=1S/C6H14N2O.ClH/c1-5(3-7)2-6(8)4-9;/h3,6,9H,2,4,7-8H2,1H3;1H/b5-3+;. The van der Waals surface area contributed by atoms with E-state index in [4.69, 9.17) is 16.6 Å². The summed E-state index contributed by atoms with van der Waals surface area (Å²) in [5, 5.41) is 8.49. The summed E-state index contributed by atoms with van der Waals surface area (Å²) in [6.45, 7) is 1.90. The second kappa shape index (κ2) is 6.86. The highest BCUT2D eigenvalue weighted by Crippen LogP contribution is 1.99. The van der Waals surface area contributed by atoms with E-state index in [1.54, 1.807) is 0 Å². The van der Waals surface area contributed by atoms with Crippen LogP contribution in [0.4, 0.5) is 0 Å². The summed E-state index contributed by atoms with van der Waals surface area (Å²) in [5.74, 6) is 0. The molecule has 0 rings (SSSR count). The van der Waals surface area contributed by atoms with Gasteiger partial charge >= 0.3 is 0 Å². The predicted octanol–water partition coefficient (Wildman–Crippen LogP) is -0.0196. The van der Waals surface area contributed by atoms with Gasteiger partial charge < -0.3 is 16.6 Å². The summed E-state index contributed by atoms with van der Waals surface area (Å²) in [4.78, 5) is 0. The Morgan fingerprint density at radius 2 is 2.20 bits per heavy atom. The van der Waals surface area contributed by atoms with Crippen LogP contribution in [0.15, 0.2) is 11.8 Å². The normalized spacial score (nSPS) is 14.1. The zero-order chi connectivity index (χ0) is 7.28. The van der Waals surface area contributed by atoms with Crippen LogP contribution < -0.4 is 11.5 Å². The number of rotatable bonds is 3. The second-order valence-electron chi connectivity index (χ2n) is 2.16. The molecule has 0 aromatic heterocycles. The molecule has 0 aromatic rings. The minimum Gasteiger partial charge on any atom is -0.405 e. The molecule has 0 aliphatic heterocycles. The van der Waals surface area contributed by atoms with Gasteiger partial charge in [0.2, 0.25) is 0 Å². The average Bonchev–Trinajstić information content (AvgIpc) is 1.87. The highest BCUT2D eigenvalue weighted by molar-refractivity contribution is 5.85. The molecule has 0 heterocycles. The van der Waals surface area contributed by atoms with E-state index >= 15 is 0 Å². The van der Waals surface area contributed by atoms with Crippen LogP contribution >= 0.6 is 12.4 Å². The number of hydrogen-bond acceptors (Lipinski definition) is 3. The number of halogens is 1. The van der Waals surface area contributed by atoms with Gasteiger partial charge in [0.25, 0.3) is 0 Å². The van der Waals surface area contributed by atoms with E-state index in [9.17, 15) is 0 Å². The summed E-state index contributed by atoms with van der Waals surface area (Å²) >= 11 is 0. The van der Waals surface area contributed by atoms with Gasteiger partial charge in [-0.2, -0.15) is 0 Å². The first-order valence-electron chi connectivity index (χ1n) is 2.94. The van der Waals surface area contributed by atoms with Crippen molar-refractivity contribution in [2.24, 2.45) is 11.5 Å². The summed E-state index contributed by atoms with van der Waals surface area (Å²) < 4.78 is 0. The van der Waals surface area contributed by atoms with Crippen molar-refractivity contribution in [1.29, 1.82) is 0 Å². The monoisotopic (exact) mass is 166 g/mol. The highest BCUT2D eigenvalue weighted by atomic mass is 35.5. The Morgan fingerprint density at radius 3 is 2.50 bits per heavy atom. The number of hydrogen-bond donors (Lipinski definition) is 3. The van der Waals surface area contributed by atoms with E-state index < -0.39 is 0 Å². The molecule has 1 atom stereocenters. The summed E-state index contributed by atoms with van der Waals surface area (Å²) in [5.41, 5.74) is 11.6. The lowest BCUT2D eigenvalue weighted by Crippen LogP contribution is -2.24. The lowest BCUT2D eigenvalue weighted by atomic mass is 10.1. The first-order chi connectivity index (χ1) is 4.20. The minimum atomic E-state index is -0.162. The highest BCUT2D eigenvalue weighted by Gasteiger charge is 1.98. The third-order valence-electron chi connectivity index (χ3n) is 1.10. The Balaban J connectivity index is 0. The Hall–Kier alpha value is -0.250. The van der Waals surface area contributed by atoms with E-state index in [1.165, 1.54) is 6.20 Å². The Morgan fingerprint density at radius 1 is 1.70 bits per heavy atom. The molecule has 4 heteroatoms. The lowest BCUT2D eigenvalue weighted by molar-refractivity contribution is 0.265. The van der Waals surface area contributed by atoms with Crippen molar-refractivity contribution in [3.8, 4) is 0 Å². The molecule has 3 nitrogen and oxygen atoms in total. The maximum Gasteiger partial charge on any atom is 0.0585 e. The molecule has 0 aliphatic carbocycles. The van der Waals surface area contributed by atoms with Crippen molar-refractivity contribution in [1.82, 2.24) is 0 Å². The van der Waals surface area contributed by atoms with Gasteiger partial charge in [0, 0.05) is 6.04 Å². The molecule has 0 saturated carbocycles. The third kappa shape index (κ3) is 5.88. The molecule has 0 radical (unpaired) electrons. The van der Waals surface area contributed by atoms with Crippen LogP contribution in [0.3, 0.4) is 0 Å². The SMILES string of the molecule is C/C(=C\N)CC(N)CO.Cl. The molecule has 10 heavy (non-hydrogen) atoms. The van der Waals surface area contributed by atoms with Crippen LogP contribution in [-0.4, -0.2) is 17.8 Å². The fourth-order valence-electron chi connectivity index (χ4n) is 0.546. The van der Waals surface area contributed by atoms with E-state index in [2.05, 4.69) is 0 Å². The topological polar surface area (TPSA) is 72.3 Å². The summed E-state index contributed by atoms with van der Waals surface area (Å²) in [6.07, 6.45) is 2.18. The van der Waals surface area contributed by atoms with Gasteiger partial charge in [-0.05, 0) is 19.5 Å².